The van der Waals surface area contributed by atoms with E-state index >= 15 is 0 Å². The van der Waals surface area contributed by atoms with Crippen molar-refractivity contribution in [2.45, 2.75) is 26.2 Å². The Morgan fingerprint density at radius 2 is 2.31 bits per heavy atom. The normalized spacial score (nSPS) is 19.2. The van der Waals surface area contributed by atoms with E-state index in [4.69, 9.17) is 4.42 Å². The fourth-order valence-electron chi connectivity index (χ4n) is 1.88. The molecule has 1 aliphatic rings. The molecule has 3 heteroatoms. The van der Waals surface area contributed by atoms with Gasteiger partial charge < -0.3 is 9.73 Å². The summed E-state index contributed by atoms with van der Waals surface area (Å²) < 4.78 is 5.18. The molecule has 1 saturated heterocycles. The van der Waals surface area contributed by atoms with E-state index in [0.29, 0.717) is 0 Å². The van der Waals surface area contributed by atoms with Gasteiger partial charge in [0.1, 0.15) is 5.76 Å². The van der Waals surface area contributed by atoms with Crippen LogP contribution < -0.4 is 5.32 Å². The summed E-state index contributed by atoms with van der Waals surface area (Å²) in [5.41, 5.74) is 1.15. The van der Waals surface area contributed by atoms with Crippen LogP contribution >= 0.6 is 0 Å². The molecular formula is C10H16N2O. The molecule has 0 atom stereocenters. The zero-order valence-electron chi connectivity index (χ0n) is 8.05. The topological polar surface area (TPSA) is 38.1 Å². The molecule has 0 spiro atoms. The number of aromatic nitrogens is 1. The van der Waals surface area contributed by atoms with Crippen molar-refractivity contribution in [1.82, 2.24) is 10.3 Å². The molecule has 0 radical (unpaired) electrons. The summed E-state index contributed by atoms with van der Waals surface area (Å²) in [4.78, 5) is 4.22. The third kappa shape index (κ3) is 2.10. The number of nitrogens with one attached hydrogen (secondary N) is 1. The third-order valence-corrected chi connectivity index (χ3v) is 2.79. The van der Waals surface area contributed by atoms with E-state index in [1.807, 2.05) is 6.92 Å². The van der Waals surface area contributed by atoms with E-state index in [0.717, 1.165) is 36.9 Å². The lowest BCUT2D eigenvalue weighted by molar-refractivity contribution is 0.369. The van der Waals surface area contributed by atoms with Crippen LogP contribution in [0.4, 0.5) is 0 Å². The Bertz CT molecular complexity index is 264. The van der Waals surface area contributed by atoms with Crippen LogP contribution in [0.3, 0.4) is 0 Å². The molecule has 1 aliphatic heterocycles. The molecule has 3 nitrogen and oxygen atoms in total. The van der Waals surface area contributed by atoms with Crippen LogP contribution in [0.15, 0.2) is 10.8 Å². The van der Waals surface area contributed by atoms with Gasteiger partial charge in [-0.15, -0.1) is 0 Å². The van der Waals surface area contributed by atoms with Gasteiger partial charge in [-0.3, -0.25) is 0 Å². The number of hydrogen-bond acceptors (Lipinski definition) is 3. The highest BCUT2D eigenvalue weighted by Crippen LogP contribution is 2.18. The summed E-state index contributed by atoms with van der Waals surface area (Å²) in [5, 5.41) is 3.37. The van der Waals surface area contributed by atoms with E-state index in [1.165, 1.54) is 12.8 Å². The molecule has 0 aromatic carbocycles. The van der Waals surface area contributed by atoms with Crippen molar-refractivity contribution in [3.05, 3.63) is 17.8 Å². The number of piperidine rings is 1. The Kier molecular flexibility index (Phi) is 2.64. The molecule has 0 bridgehead atoms. The maximum Gasteiger partial charge on any atom is 0.181 e. The van der Waals surface area contributed by atoms with Crippen molar-refractivity contribution in [3.63, 3.8) is 0 Å². The average molecular weight is 180 g/mol. The second kappa shape index (κ2) is 3.92. The molecule has 2 rings (SSSR count). The standard InChI is InChI=1S/C10H16N2O/c1-8-10(12-7-13-8)6-9-2-4-11-5-3-9/h7,9,11H,2-6H2,1H3. The lowest BCUT2D eigenvalue weighted by Crippen LogP contribution is -2.28. The molecule has 0 unspecified atom stereocenters. The zero-order valence-corrected chi connectivity index (χ0v) is 8.05. The van der Waals surface area contributed by atoms with Crippen molar-refractivity contribution < 1.29 is 4.42 Å². The molecule has 0 aliphatic carbocycles. The first-order valence-electron chi connectivity index (χ1n) is 4.96. The monoisotopic (exact) mass is 180 g/mol. The number of hydrogen-bond donors (Lipinski definition) is 1. The first kappa shape index (κ1) is 8.75. The van der Waals surface area contributed by atoms with Crippen LogP contribution in [0.2, 0.25) is 0 Å². The molecule has 2 heterocycles. The summed E-state index contributed by atoms with van der Waals surface area (Å²) in [6, 6.07) is 0. The Balaban J connectivity index is 1.93. The van der Waals surface area contributed by atoms with Gasteiger partial charge >= 0.3 is 0 Å². The fourth-order valence-corrected chi connectivity index (χ4v) is 1.88. The van der Waals surface area contributed by atoms with Crippen LogP contribution in [0.5, 0.6) is 0 Å². The van der Waals surface area contributed by atoms with Gasteiger partial charge in [0.2, 0.25) is 0 Å². The molecule has 1 aromatic heterocycles. The van der Waals surface area contributed by atoms with Crippen molar-refractivity contribution in [3.8, 4) is 0 Å². The van der Waals surface area contributed by atoms with Crippen LogP contribution in [-0.2, 0) is 6.42 Å². The molecular weight excluding hydrogens is 164 g/mol. The lowest BCUT2D eigenvalue weighted by Gasteiger charge is -2.21. The summed E-state index contributed by atoms with van der Waals surface area (Å²) in [6.07, 6.45) is 5.17. The maximum absolute atomic E-state index is 5.18. The van der Waals surface area contributed by atoms with Gasteiger partial charge in [-0.1, -0.05) is 0 Å². The summed E-state index contributed by atoms with van der Waals surface area (Å²) in [6.45, 7) is 4.30. The van der Waals surface area contributed by atoms with Crippen molar-refractivity contribution in [2.75, 3.05) is 13.1 Å². The quantitative estimate of drug-likeness (QED) is 0.750. The predicted octanol–water partition coefficient (Wildman–Crippen LogP) is 1.53. The maximum atomic E-state index is 5.18. The first-order valence-corrected chi connectivity index (χ1v) is 4.96. The minimum atomic E-state index is 0.796. The van der Waals surface area contributed by atoms with E-state index in [2.05, 4.69) is 10.3 Å². The van der Waals surface area contributed by atoms with Gasteiger partial charge in [-0.25, -0.2) is 4.98 Å². The van der Waals surface area contributed by atoms with Gasteiger partial charge in [0.25, 0.3) is 0 Å². The van der Waals surface area contributed by atoms with Crippen LogP contribution in [-0.4, -0.2) is 18.1 Å². The minimum Gasteiger partial charge on any atom is -0.449 e. The molecule has 1 fully saturated rings. The number of aryl methyl sites for hydroxylation is 1. The van der Waals surface area contributed by atoms with Gasteiger partial charge in [0.05, 0.1) is 5.69 Å². The van der Waals surface area contributed by atoms with E-state index < -0.39 is 0 Å². The second-order valence-electron chi connectivity index (χ2n) is 3.75. The molecule has 1 aromatic rings. The van der Waals surface area contributed by atoms with E-state index in [1.54, 1.807) is 6.39 Å². The lowest BCUT2D eigenvalue weighted by atomic mass is 9.93. The largest absolute Gasteiger partial charge is 0.449 e. The van der Waals surface area contributed by atoms with Crippen molar-refractivity contribution in [2.24, 2.45) is 5.92 Å². The number of oxazole rings is 1. The first-order chi connectivity index (χ1) is 6.36. The highest BCUT2D eigenvalue weighted by Gasteiger charge is 2.15. The van der Waals surface area contributed by atoms with Gasteiger partial charge in [0, 0.05) is 0 Å². The smallest absolute Gasteiger partial charge is 0.181 e. The summed E-state index contributed by atoms with van der Waals surface area (Å²) >= 11 is 0. The predicted molar refractivity (Wildman–Crippen MR) is 50.5 cm³/mol. The minimum absolute atomic E-state index is 0.796. The molecule has 1 N–H and O–H groups in total. The number of rotatable bonds is 2. The Hall–Kier alpha value is -0.830. The van der Waals surface area contributed by atoms with E-state index in [-0.39, 0.29) is 0 Å². The third-order valence-electron chi connectivity index (χ3n) is 2.79. The summed E-state index contributed by atoms with van der Waals surface area (Å²) in [7, 11) is 0. The fraction of sp³-hybridized carbons (Fsp3) is 0.700. The molecule has 72 valence electrons. The molecule has 0 saturated carbocycles. The average Bonchev–Trinajstić information content (AvgIpc) is 2.54. The van der Waals surface area contributed by atoms with Crippen molar-refractivity contribution in [1.29, 1.82) is 0 Å². The highest BCUT2D eigenvalue weighted by atomic mass is 16.3. The van der Waals surface area contributed by atoms with Crippen molar-refractivity contribution >= 4 is 0 Å². The Morgan fingerprint density at radius 3 is 2.92 bits per heavy atom. The molecule has 0 amide bonds. The molecule has 13 heavy (non-hydrogen) atoms. The van der Waals surface area contributed by atoms with Crippen LogP contribution in [0, 0.1) is 12.8 Å². The number of nitrogens with zero attached hydrogens (tertiary/aromatic N) is 1. The highest BCUT2D eigenvalue weighted by molar-refractivity contribution is 5.05. The van der Waals surface area contributed by atoms with Gasteiger partial charge in [-0.05, 0) is 45.2 Å². The summed E-state index contributed by atoms with van der Waals surface area (Å²) in [5.74, 6) is 1.78. The van der Waals surface area contributed by atoms with Crippen LogP contribution in [0.1, 0.15) is 24.3 Å². The van der Waals surface area contributed by atoms with E-state index in [9.17, 15) is 0 Å². The Morgan fingerprint density at radius 1 is 1.54 bits per heavy atom. The Labute approximate surface area is 78.5 Å². The van der Waals surface area contributed by atoms with Crippen LogP contribution in [0.25, 0.3) is 0 Å². The second-order valence-corrected chi connectivity index (χ2v) is 3.75. The van der Waals surface area contributed by atoms with Gasteiger partial charge in [-0.2, -0.15) is 0 Å². The SMILES string of the molecule is Cc1ocnc1CC1CCNCC1. The van der Waals surface area contributed by atoms with Gasteiger partial charge in [0.15, 0.2) is 6.39 Å². The zero-order chi connectivity index (χ0) is 9.10.